The van der Waals surface area contributed by atoms with Gasteiger partial charge in [0.25, 0.3) is 0 Å². The molecule has 0 aliphatic carbocycles. The summed E-state index contributed by atoms with van der Waals surface area (Å²) in [5.41, 5.74) is 0. The van der Waals surface area contributed by atoms with Gasteiger partial charge in [0.15, 0.2) is 0 Å². The lowest BCUT2D eigenvalue weighted by molar-refractivity contribution is 0.0966. The molecule has 17 heavy (non-hydrogen) atoms. The van der Waals surface area contributed by atoms with Crippen molar-refractivity contribution in [3.8, 4) is 0 Å². The van der Waals surface area contributed by atoms with Crippen molar-refractivity contribution in [3.63, 3.8) is 0 Å². The standard InChI is InChI=1S/C13H22N4/c1-2-16-7-5-14-13(16)11-15-8-9-17-6-3-4-12(17)10-15/h5,7,12H,2-4,6,8-11H2,1H3. The predicted octanol–water partition coefficient (Wildman–Crippen LogP) is 1.18. The number of hydrogen-bond donors (Lipinski definition) is 0. The summed E-state index contributed by atoms with van der Waals surface area (Å²) in [5.74, 6) is 1.22. The molecular formula is C13H22N4. The molecular weight excluding hydrogens is 212 g/mol. The minimum atomic E-state index is 0.814. The van der Waals surface area contributed by atoms with Crippen LogP contribution >= 0.6 is 0 Å². The summed E-state index contributed by atoms with van der Waals surface area (Å²) in [7, 11) is 0. The molecule has 0 radical (unpaired) electrons. The lowest BCUT2D eigenvalue weighted by Gasteiger charge is -2.37. The van der Waals surface area contributed by atoms with E-state index in [-0.39, 0.29) is 0 Å². The molecule has 2 fully saturated rings. The zero-order valence-corrected chi connectivity index (χ0v) is 10.7. The Morgan fingerprint density at radius 2 is 2.29 bits per heavy atom. The van der Waals surface area contributed by atoms with E-state index in [1.54, 1.807) is 0 Å². The Bertz CT molecular complexity index is 373. The Morgan fingerprint density at radius 1 is 1.35 bits per heavy atom. The number of aromatic nitrogens is 2. The Kier molecular flexibility index (Phi) is 3.16. The summed E-state index contributed by atoms with van der Waals surface area (Å²) in [6.45, 7) is 9.23. The first-order chi connectivity index (χ1) is 8.36. The van der Waals surface area contributed by atoms with E-state index in [1.165, 1.54) is 44.8 Å². The number of rotatable bonds is 3. The van der Waals surface area contributed by atoms with Crippen molar-refractivity contribution in [1.82, 2.24) is 19.4 Å². The molecule has 1 unspecified atom stereocenters. The van der Waals surface area contributed by atoms with Gasteiger partial charge in [-0.05, 0) is 26.3 Å². The van der Waals surface area contributed by atoms with Gasteiger partial charge in [-0.1, -0.05) is 0 Å². The second-order valence-electron chi connectivity index (χ2n) is 5.20. The zero-order chi connectivity index (χ0) is 11.7. The molecule has 0 spiro atoms. The maximum atomic E-state index is 4.47. The second kappa shape index (κ2) is 4.78. The van der Waals surface area contributed by atoms with Crippen molar-refractivity contribution in [3.05, 3.63) is 18.2 Å². The molecule has 1 atom stereocenters. The average molecular weight is 234 g/mol. The van der Waals surface area contributed by atoms with Crippen molar-refractivity contribution in [2.45, 2.75) is 38.9 Å². The monoisotopic (exact) mass is 234 g/mol. The molecule has 0 aromatic carbocycles. The highest BCUT2D eigenvalue weighted by Gasteiger charge is 2.30. The molecule has 0 N–H and O–H groups in total. The number of nitrogens with zero attached hydrogens (tertiary/aromatic N) is 4. The average Bonchev–Trinajstić information content (AvgIpc) is 2.96. The first-order valence-electron chi connectivity index (χ1n) is 6.83. The minimum Gasteiger partial charge on any atom is -0.334 e. The van der Waals surface area contributed by atoms with Crippen molar-refractivity contribution in [1.29, 1.82) is 0 Å². The summed E-state index contributed by atoms with van der Waals surface area (Å²) in [6, 6.07) is 0.814. The van der Waals surface area contributed by atoms with Crippen molar-refractivity contribution in [2.24, 2.45) is 0 Å². The highest BCUT2D eigenvalue weighted by atomic mass is 15.3. The summed E-state index contributed by atoms with van der Waals surface area (Å²) in [6.07, 6.45) is 6.78. The summed E-state index contributed by atoms with van der Waals surface area (Å²) in [5, 5.41) is 0. The molecule has 1 aromatic rings. The van der Waals surface area contributed by atoms with Crippen LogP contribution in [-0.2, 0) is 13.1 Å². The molecule has 2 saturated heterocycles. The quantitative estimate of drug-likeness (QED) is 0.785. The second-order valence-corrected chi connectivity index (χ2v) is 5.20. The van der Waals surface area contributed by atoms with Gasteiger partial charge in [0, 0.05) is 44.6 Å². The van der Waals surface area contributed by atoms with Crippen LogP contribution in [0.5, 0.6) is 0 Å². The van der Waals surface area contributed by atoms with E-state index in [2.05, 4.69) is 32.5 Å². The first-order valence-corrected chi connectivity index (χ1v) is 6.83. The fraction of sp³-hybridized carbons (Fsp3) is 0.769. The van der Waals surface area contributed by atoms with Crippen molar-refractivity contribution < 1.29 is 0 Å². The van der Waals surface area contributed by atoms with E-state index < -0.39 is 0 Å². The highest BCUT2D eigenvalue weighted by molar-refractivity contribution is 4.94. The van der Waals surface area contributed by atoms with E-state index in [0.717, 1.165) is 19.1 Å². The van der Waals surface area contributed by atoms with Gasteiger partial charge in [0.2, 0.25) is 0 Å². The smallest absolute Gasteiger partial charge is 0.122 e. The van der Waals surface area contributed by atoms with Crippen molar-refractivity contribution in [2.75, 3.05) is 26.2 Å². The van der Waals surface area contributed by atoms with Gasteiger partial charge >= 0.3 is 0 Å². The molecule has 2 aliphatic rings. The van der Waals surface area contributed by atoms with Crippen LogP contribution < -0.4 is 0 Å². The third-order valence-electron chi connectivity index (χ3n) is 4.18. The van der Waals surface area contributed by atoms with Gasteiger partial charge in [-0.2, -0.15) is 0 Å². The molecule has 3 rings (SSSR count). The van der Waals surface area contributed by atoms with Crippen LogP contribution in [0, 0.1) is 0 Å². The number of imidazole rings is 1. The zero-order valence-electron chi connectivity index (χ0n) is 10.7. The van der Waals surface area contributed by atoms with E-state index in [1.807, 2.05) is 6.20 Å². The van der Waals surface area contributed by atoms with E-state index in [0.29, 0.717) is 0 Å². The molecule has 0 bridgehead atoms. The minimum absolute atomic E-state index is 0.814. The van der Waals surface area contributed by atoms with Gasteiger partial charge in [-0.25, -0.2) is 4.98 Å². The van der Waals surface area contributed by atoms with Gasteiger partial charge in [-0.3, -0.25) is 9.80 Å². The Balaban J connectivity index is 1.62. The lowest BCUT2D eigenvalue weighted by atomic mass is 10.1. The Hall–Kier alpha value is -0.870. The van der Waals surface area contributed by atoms with Gasteiger partial charge < -0.3 is 4.57 Å². The molecule has 3 heterocycles. The first kappa shape index (κ1) is 11.2. The molecule has 1 aromatic heterocycles. The lowest BCUT2D eigenvalue weighted by Crippen LogP contribution is -2.49. The molecule has 4 heteroatoms. The molecule has 2 aliphatic heterocycles. The third kappa shape index (κ3) is 2.24. The van der Waals surface area contributed by atoms with Gasteiger partial charge in [-0.15, -0.1) is 0 Å². The largest absolute Gasteiger partial charge is 0.334 e. The van der Waals surface area contributed by atoms with Crippen LogP contribution in [0.2, 0.25) is 0 Å². The molecule has 0 amide bonds. The maximum Gasteiger partial charge on any atom is 0.122 e. The van der Waals surface area contributed by atoms with E-state index in [4.69, 9.17) is 0 Å². The Labute approximate surface area is 103 Å². The fourth-order valence-corrected chi connectivity index (χ4v) is 3.18. The van der Waals surface area contributed by atoms with Gasteiger partial charge in [0.1, 0.15) is 5.82 Å². The van der Waals surface area contributed by atoms with E-state index in [9.17, 15) is 0 Å². The topological polar surface area (TPSA) is 24.3 Å². The van der Waals surface area contributed by atoms with Crippen LogP contribution in [0.3, 0.4) is 0 Å². The predicted molar refractivity (Wildman–Crippen MR) is 67.8 cm³/mol. The van der Waals surface area contributed by atoms with Gasteiger partial charge in [0.05, 0.1) is 6.54 Å². The molecule has 0 saturated carbocycles. The summed E-state index contributed by atoms with van der Waals surface area (Å²) >= 11 is 0. The van der Waals surface area contributed by atoms with Crippen molar-refractivity contribution >= 4 is 0 Å². The highest BCUT2D eigenvalue weighted by Crippen LogP contribution is 2.22. The maximum absolute atomic E-state index is 4.47. The Morgan fingerprint density at radius 3 is 3.18 bits per heavy atom. The normalized spacial score (nSPS) is 26.3. The number of aryl methyl sites for hydroxylation is 1. The van der Waals surface area contributed by atoms with Crippen LogP contribution in [0.15, 0.2) is 12.4 Å². The van der Waals surface area contributed by atoms with Crippen LogP contribution in [0.1, 0.15) is 25.6 Å². The number of hydrogen-bond acceptors (Lipinski definition) is 3. The third-order valence-corrected chi connectivity index (χ3v) is 4.18. The number of fused-ring (bicyclic) bond motifs is 1. The van der Waals surface area contributed by atoms with Crippen LogP contribution in [0.4, 0.5) is 0 Å². The van der Waals surface area contributed by atoms with Crippen LogP contribution in [0.25, 0.3) is 0 Å². The molecule has 94 valence electrons. The SMILES string of the molecule is CCn1ccnc1CN1CCN2CCCC2C1. The summed E-state index contributed by atoms with van der Waals surface area (Å²) < 4.78 is 2.25. The summed E-state index contributed by atoms with van der Waals surface area (Å²) in [4.78, 5) is 9.70. The number of piperazine rings is 1. The fourth-order valence-electron chi connectivity index (χ4n) is 3.18. The van der Waals surface area contributed by atoms with E-state index >= 15 is 0 Å². The van der Waals surface area contributed by atoms with Crippen LogP contribution in [-0.4, -0.2) is 51.6 Å². The molecule has 4 nitrogen and oxygen atoms in total.